The Hall–Kier alpha value is -0.530. The lowest BCUT2D eigenvalue weighted by Gasteiger charge is -2.39. The summed E-state index contributed by atoms with van der Waals surface area (Å²) in [6.07, 6.45) is 8.99. The van der Waals surface area contributed by atoms with Gasteiger partial charge in [0, 0.05) is 0 Å². The maximum Gasteiger partial charge on any atom is 0.290 e. The topological polar surface area (TPSA) is 37.3 Å². The molecule has 0 spiro atoms. The highest BCUT2D eigenvalue weighted by Crippen LogP contribution is 2.56. The molecule has 0 aromatic heterocycles. The van der Waals surface area contributed by atoms with Gasteiger partial charge in [0.2, 0.25) is 0 Å². The van der Waals surface area contributed by atoms with E-state index in [1.54, 1.807) is 25.7 Å². The van der Waals surface area contributed by atoms with Gasteiger partial charge in [0.15, 0.2) is 0 Å². The first kappa shape index (κ1) is 17.5. The second-order valence-electron chi connectivity index (χ2n) is 5.75. The quantitative estimate of drug-likeness (QED) is 0.723. The lowest BCUT2D eigenvalue weighted by atomic mass is 9.66. The molecule has 2 nitrogen and oxygen atoms in total. The highest BCUT2D eigenvalue weighted by atomic mass is 16.3. The van der Waals surface area contributed by atoms with Crippen LogP contribution in [0.3, 0.4) is 0 Å². The average Bonchev–Trinajstić information content (AvgIpc) is 3.04. The summed E-state index contributed by atoms with van der Waals surface area (Å²) in [5.74, 6) is 3.29. The van der Waals surface area contributed by atoms with E-state index in [4.69, 9.17) is 9.90 Å². The second kappa shape index (κ2) is 8.55. The van der Waals surface area contributed by atoms with Crippen molar-refractivity contribution in [1.29, 1.82) is 0 Å². The minimum Gasteiger partial charge on any atom is -0.483 e. The molecule has 0 heterocycles. The monoisotopic (exact) mass is 256 g/mol. The van der Waals surface area contributed by atoms with E-state index in [0.29, 0.717) is 5.41 Å². The number of carboxylic acid groups (broad SMARTS) is 1. The third-order valence-corrected chi connectivity index (χ3v) is 5.25. The van der Waals surface area contributed by atoms with Crippen molar-refractivity contribution in [2.24, 2.45) is 23.2 Å². The van der Waals surface area contributed by atoms with Gasteiger partial charge in [-0.15, -0.1) is 0 Å². The third kappa shape index (κ3) is 4.00. The van der Waals surface area contributed by atoms with Crippen LogP contribution >= 0.6 is 0 Å². The fourth-order valence-corrected chi connectivity index (χ4v) is 3.87. The molecule has 18 heavy (non-hydrogen) atoms. The molecule has 1 N–H and O–H groups in total. The number of fused-ring (bicyclic) bond motifs is 2. The Morgan fingerprint density at radius 1 is 1.17 bits per heavy atom. The Labute approximate surface area is 113 Å². The lowest BCUT2D eigenvalue weighted by molar-refractivity contribution is -0.122. The molecule has 0 aliphatic heterocycles. The minimum atomic E-state index is -0.250. The molecule has 0 saturated heterocycles. The maximum absolute atomic E-state index is 8.36. The van der Waals surface area contributed by atoms with E-state index >= 15 is 0 Å². The van der Waals surface area contributed by atoms with E-state index in [0.717, 1.165) is 17.8 Å². The molecule has 2 fully saturated rings. The van der Waals surface area contributed by atoms with Crippen molar-refractivity contribution in [3.63, 3.8) is 0 Å². The summed E-state index contributed by atoms with van der Waals surface area (Å²) in [4.78, 5) is 8.36. The van der Waals surface area contributed by atoms with Crippen LogP contribution in [0.25, 0.3) is 0 Å². The van der Waals surface area contributed by atoms with Gasteiger partial charge in [-0.2, -0.15) is 0 Å². The van der Waals surface area contributed by atoms with Crippen molar-refractivity contribution >= 4 is 6.47 Å². The largest absolute Gasteiger partial charge is 0.483 e. The minimum absolute atomic E-state index is 0.250. The van der Waals surface area contributed by atoms with Gasteiger partial charge in [0.05, 0.1) is 0 Å². The van der Waals surface area contributed by atoms with E-state index in [9.17, 15) is 0 Å². The summed E-state index contributed by atoms with van der Waals surface area (Å²) in [6, 6.07) is 0. The van der Waals surface area contributed by atoms with Gasteiger partial charge in [-0.3, -0.25) is 4.79 Å². The molecular formula is C16H32O2. The summed E-state index contributed by atoms with van der Waals surface area (Å²) in [6.45, 7) is 11.0. The van der Waals surface area contributed by atoms with E-state index in [1.165, 1.54) is 12.8 Å². The Morgan fingerprint density at radius 2 is 1.67 bits per heavy atom. The molecule has 3 atom stereocenters. The van der Waals surface area contributed by atoms with Crippen molar-refractivity contribution < 1.29 is 9.90 Å². The third-order valence-electron chi connectivity index (χ3n) is 5.25. The smallest absolute Gasteiger partial charge is 0.290 e. The molecule has 2 saturated carbocycles. The number of hydrogen-bond donors (Lipinski definition) is 1. The van der Waals surface area contributed by atoms with Crippen LogP contribution in [0.1, 0.15) is 73.1 Å². The van der Waals surface area contributed by atoms with Crippen molar-refractivity contribution in [1.82, 2.24) is 0 Å². The highest BCUT2D eigenvalue weighted by Gasteiger charge is 2.46. The van der Waals surface area contributed by atoms with Crippen LogP contribution in [0.5, 0.6) is 0 Å². The van der Waals surface area contributed by atoms with Crippen LogP contribution in [0.15, 0.2) is 0 Å². The van der Waals surface area contributed by atoms with Gasteiger partial charge in [0.25, 0.3) is 6.47 Å². The molecule has 0 amide bonds. The summed E-state index contributed by atoms with van der Waals surface area (Å²) in [5, 5.41) is 6.89. The van der Waals surface area contributed by atoms with E-state index in [-0.39, 0.29) is 6.47 Å². The van der Waals surface area contributed by atoms with Crippen molar-refractivity contribution in [3.8, 4) is 0 Å². The van der Waals surface area contributed by atoms with E-state index in [2.05, 4.69) is 20.8 Å². The standard InChI is InChI=1S/C13H24.C2H6.CH2O2/c1-4-13(3,5-2)12-9-10-6-7-11(12)8-10;1-2;2-1-3/h10-12H,4-9H2,1-3H3;1-2H3;1H,(H,2,3). The zero-order valence-electron chi connectivity index (χ0n) is 12.9. The fraction of sp³-hybridized carbons (Fsp3) is 0.938. The van der Waals surface area contributed by atoms with Crippen molar-refractivity contribution in [2.75, 3.05) is 0 Å². The lowest BCUT2D eigenvalue weighted by Crippen LogP contribution is -2.30. The summed E-state index contributed by atoms with van der Waals surface area (Å²) < 4.78 is 0. The van der Waals surface area contributed by atoms with Gasteiger partial charge < -0.3 is 5.11 Å². The first-order valence-electron chi connectivity index (χ1n) is 7.69. The Bertz CT molecular complexity index is 221. The zero-order chi connectivity index (χ0) is 14.2. The maximum atomic E-state index is 8.36. The number of rotatable bonds is 3. The Kier molecular flexibility index (Phi) is 8.30. The van der Waals surface area contributed by atoms with Crippen LogP contribution in [0.2, 0.25) is 0 Å². The van der Waals surface area contributed by atoms with Gasteiger partial charge >= 0.3 is 0 Å². The van der Waals surface area contributed by atoms with Crippen molar-refractivity contribution in [3.05, 3.63) is 0 Å². The zero-order valence-corrected chi connectivity index (χ0v) is 12.9. The van der Waals surface area contributed by atoms with Gasteiger partial charge in [-0.25, -0.2) is 0 Å². The molecule has 3 unspecified atom stereocenters. The number of hydrogen-bond acceptors (Lipinski definition) is 1. The SMILES string of the molecule is CC.CCC(C)(CC)C1CC2CCC1C2.O=CO. The second-order valence-corrected chi connectivity index (χ2v) is 5.75. The summed E-state index contributed by atoms with van der Waals surface area (Å²) in [7, 11) is 0. The molecular weight excluding hydrogens is 224 g/mol. The van der Waals surface area contributed by atoms with Crippen LogP contribution in [0.4, 0.5) is 0 Å². The van der Waals surface area contributed by atoms with Crippen LogP contribution < -0.4 is 0 Å². The van der Waals surface area contributed by atoms with Gasteiger partial charge in [0.1, 0.15) is 0 Å². The molecule has 2 bridgehead atoms. The van der Waals surface area contributed by atoms with Crippen molar-refractivity contribution in [2.45, 2.75) is 73.1 Å². The van der Waals surface area contributed by atoms with Crippen LogP contribution in [0, 0.1) is 23.2 Å². The Morgan fingerprint density at radius 3 is 1.94 bits per heavy atom. The molecule has 2 rings (SSSR count). The van der Waals surface area contributed by atoms with Gasteiger partial charge in [-0.1, -0.05) is 53.9 Å². The van der Waals surface area contributed by atoms with E-state index < -0.39 is 0 Å². The van der Waals surface area contributed by atoms with Crippen LogP contribution in [-0.4, -0.2) is 11.6 Å². The van der Waals surface area contributed by atoms with E-state index in [1.807, 2.05) is 13.8 Å². The summed E-state index contributed by atoms with van der Waals surface area (Å²) in [5.41, 5.74) is 0.667. The first-order valence-corrected chi connectivity index (χ1v) is 7.69. The predicted molar refractivity (Wildman–Crippen MR) is 77.7 cm³/mol. The van der Waals surface area contributed by atoms with Crippen LogP contribution in [-0.2, 0) is 4.79 Å². The average molecular weight is 256 g/mol. The summed E-state index contributed by atoms with van der Waals surface area (Å²) >= 11 is 0. The molecule has 0 radical (unpaired) electrons. The molecule has 0 aromatic rings. The molecule has 108 valence electrons. The highest BCUT2D eigenvalue weighted by molar-refractivity contribution is 5.32. The fourth-order valence-electron chi connectivity index (χ4n) is 3.87. The predicted octanol–water partition coefficient (Wildman–Crippen LogP) is 4.98. The molecule has 2 aliphatic rings. The Balaban J connectivity index is 0.000000509. The molecule has 2 aliphatic carbocycles. The normalized spacial score (nSPS) is 28.8. The first-order chi connectivity index (χ1) is 8.61. The molecule has 2 heteroatoms. The molecule has 0 aromatic carbocycles. The number of carbonyl (C=O) groups is 1. The van der Waals surface area contributed by atoms with Gasteiger partial charge in [-0.05, 0) is 42.4 Å².